The van der Waals surface area contributed by atoms with Gasteiger partial charge in [0.15, 0.2) is 6.79 Å². The second-order valence-electron chi connectivity index (χ2n) is 6.85. The predicted octanol–water partition coefficient (Wildman–Crippen LogP) is 3.31. The molecule has 7 nitrogen and oxygen atoms in total. The zero-order chi connectivity index (χ0) is 20.4. The predicted molar refractivity (Wildman–Crippen MR) is 105 cm³/mol. The van der Waals surface area contributed by atoms with E-state index in [0.29, 0.717) is 34.4 Å². The first-order valence-electron chi connectivity index (χ1n) is 9.18. The minimum absolute atomic E-state index is 0.0150. The molecule has 0 aromatic heterocycles. The van der Waals surface area contributed by atoms with Crippen molar-refractivity contribution in [3.8, 4) is 11.5 Å². The van der Waals surface area contributed by atoms with Crippen LogP contribution in [0.25, 0.3) is 0 Å². The molecule has 1 fully saturated rings. The van der Waals surface area contributed by atoms with E-state index in [9.17, 15) is 9.59 Å². The molecule has 152 valence electrons. The van der Waals surface area contributed by atoms with Gasteiger partial charge in [-0.3, -0.25) is 9.59 Å². The van der Waals surface area contributed by atoms with E-state index < -0.39 is 11.9 Å². The lowest BCUT2D eigenvalue weighted by molar-refractivity contribution is -0.149. The van der Waals surface area contributed by atoms with Gasteiger partial charge in [0.05, 0.1) is 25.3 Å². The van der Waals surface area contributed by atoms with Gasteiger partial charge in [-0.2, -0.15) is 0 Å². The van der Waals surface area contributed by atoms with Crippen molar-refractivity contribution < 1.29 is 28.5 Å². The monoisotopic (exact) mass is 417 g/mol. The maximum atomic E-state index is 12.6. The molecule has 2 aromatic rings. The average molecular weight is 418 g/mol. The number of benzene rings is 2. The van der Waals surface area contributed by atoms with Gasteiger partial charge in [0.1, 0.15) is 18.1 Å². The van der Waals surface area contributed by atoms with Crippen LogP contribution < -0.4 is 14.4 Å². The zero-order valence-electron chi connectivity index (χ0n) is 15.9. The molecular weight excluding hydrogens is 398 g/mol. The Hall–Kier alpha value is -2.77. The van der Waals surface area contributed by atoms with E-state index in [1.165, 1.54) is 0 Å². The van der Waals surface area contributed by atoms with Crippen LogP contribution in [0.1, 0.15) is 17.5 Å². The minimum Gasteiger partial charge on any atom is -0.495 e. The van der Waals surface area contributed by atoms with Crippen molar-refractivity contribution in [2.45, 2.75) is 19.6 Å². The van der Waals surface area contributed by atoms with Crippen LogP contribution in [0.4, 0.5) is 5.69 Å². The van der Waals surface area contributed by atoms with Crippen LogP contribution in [0.2, 0.25) is 5.02 Å². The van der Waals surface area contributed by atoms with E-state index in [1.807, 2.05) is 12.1 Å². The second kappa shape index (κ2) is 8.31. The second-order valence-corrected chi connectivity index (χ2v) is 7.29. The molecule has 0 saturated carbocycles. The number of rotatable bonds is 5. The van der Waals surface area contributed by atoms with E-state index >= 15 is 0 Å². The molecule has 2 heterocycles. The first-order chi connectivity index (χ1) is 14.1. The topological polar surface area (TPSA) is 74.3 Å². The number of amides is 1. The number of halogens is 1. The molecule has 4 rings (SSSR count). The molecule has 0 spiro atoms. The van der Waals surface area contributed by atoms with E-state index in [4.69, 9.17) is 30.5 Å². The number of methoxy groups -OCH3 is 1. The van der Waals surface area contributed by atoms with Gasteiger partial charge in [-0.25, -0.2) is 0 Å². The number of carbonyl (C=O) groups excluding carboxylic acids is 2. The van der Waals surface area contributed by atoms with Crippen molar-refractivity contribution in [2.24, 2.45) is 5.92 Å². The first-order valence-corrected chi connectivity index (χ1v) is 9.56. The molecule has 2 aliphatic heterocycles. The molecular formula is C21H20ClNO6. The molecule has 0 unspecified atom stereocenters. The number of fused-ring (bicyclic) bond motifs is 1. The molecule has 0 aliphatic carbocycles. The Morgan fingerprint density at radius 3 is 2.97 bits per heavy atom. The molecule has 1 atom stereocenters. The standard InChI is InChI=1S/C21H20ClNO6/c1-26-18-5-3-2-4-17(18)23-9-13(8-19(23)24)21(25)28-11-15-7-16(22)6-14-10-27-12-29-20(14)15/h2-7,13H,8-12H2,1H3/t13-/m1/s1. The Morgan fingerprint density at radius 1 is 1.31 bits per heavy atom. The van der Waals surface area contributed by atoms with Gasteiger partial charge in [0.2, 0.25) is 5.91 Å². The molecule has 1 saturated heterocycles. The van der Waals surface area contributed by atoms with Crippen molar-refractivity contribution in [1.29, 1.82) is 0 Å². The third kappa shape index (κ3) is 4.02. The van der Waals surface area contributed by atoms with E-state index in [2.05, 4.69) is 0 Å². The Labute approximate surface area is 173 Å². The third-order valence-electron chi connectivity index (χ3n) is 4.96. The summed E-state index contributed by atoms with van der Waals surface area (Å²) in [5, 5.41) is 0.516. The fourth-order valence-corrected chi connectivity index (χ4v) is 3.85. The largest absolute Gasteiger partial charge is 0.495 e. The SMILES string of the molecule is COc1ccccc1N1C[C@H](C(=O)OCc2cc(Cl)cc3c2OCOC3)CC1=O. The highest BCUT2D eigenvalue weighted by Gasteiger charge is 2.37. The zero-order valence-corrected chi connectivity index (χ0v) is 16.6. The molecule has 8 heteroatoms. The summed E-state index contributed by atoms with van der Waals surface area (Å²) in [4.78, 5) is 26.7. The lowest BCUT2D eigenvalue weighted by Crippen LogP contribution is -2.26. The summed E-state index contributed by atoms with van der Waals surface area (Å²) in [6.45, 7) is 0.791. The number of hydrogen-bond donors (Lipinski definition) is 0. The van der Waals surface area contributed by atoms with Crippen LogP contribution in [0.3, 0.4) is 0 Å². The molecule has 0 radical (unpaired) electrons. The summed E-state index contributed by atoms with van der Waals surface area (Å²) < 4.78 is 21.6. The fraction of sp³-hybridized carbons (Fsp3) is 0.333. The van der Waals surface area contributed by atoms with Gasteiger partial charge in [-0.05, 0) is 24.3 Å². The van der Waals surface area contributed by atoms with Crippen LogP contribution in [0.5, 0.6) is 11.5 Å². The van der Waals surface area contributed by atoms with Crippen LogP contribution in [0, 0.1) is 5.92 Å². The van der Waals surface area contributed by atoms with Gasteiger partial charge in [0, 0.05) is 29.1 Å². The lowest BCUT2D eigenvalue weighted by Gasteiger charge is -2.21. The minimum atomic E-state index is -0.549. The average Bonchev–Trinajstić information content (AvgIpc) is 3.13. The smallest absolute Gasteiger partial charge is 0.311 e. The Bertz CT molecular complexity index is 947. The summed E-state index contributed by atoms with van der Waals surface area (Å²) >= 11 is 6.14. The molecule has 29 heavy (non-hydrogen) atoms. The number of nitrogens with zero attached hydrogens (tertiary/aromatic N) is 1. The lowest BCUT2D eigenvalue weighted by atomic mass is 10.1. The van der Waals surface area contributed by atoms with Crippen LogP contribution in [0.15, 0.2) is 36.4 Å². The van der Waals surface area contributed by atoms with E-state index in [1.54, 1.807) is 36.3 Å². The maximum Gasteiger partial charge on any atom is 0.311 e. The highest BCUT2D eigenvalue weighted by molar-refractivity contribution is 6.30. The number of esters is 1. The first kappa shape index (κ1) is 19.5. The number of para-hydroxylation sites is 2. The Balaban J connectivity index is 1.44. The van der Waals surface area contributed by atoms with Gasteiger partial charge >= 0.3 is 5.97 Å². The van der Waals surface area contributed by atoms with Crippen LogP contribution in [-0.4, -0.2) is 32.3 Å². The molecule has 2 aliphatic rings. The van der Waals surface area contributed by atoms with Crippen molar-refractivity contribution in [2.75, 3.05) is 25.3 Å². The number of ether oxygens (including phenoxy) is 4. The summed E-state index contributed by atoms with van der Waals surface area (Å²) in [6, 6.07) is 10.7. The van der Waals surface area contributed by atoms with Gasteiger partial charge < -0.3 is 23.8 Å². The number of anilines is 1. The van der Waals surface area contributed by atoms with Crippen molar-refractivity contribution in [3.05, 3.63) is 52.5 Å². The summed E-state index contributed by atoms with van der Waals surface area (Å²) in [7, 11) is 1.55. The van der Waals surface area contributed by atoms with Crippen LogP contribution in [-0.2, 0) is 32.3 Å². The molecule has 0 bridgehead atoms. The molecule has 2 aromatic carbocycles. The number of hydrogen-bond acceptors (Lipinski definition) is 6. The normalized spacial score (nSPS) is 18.2. The van der Waals surface area contributed by atoms with Gasteiger partial charge in [-0.1, -0.05) is 23.7 Å². The van der Waals surface area contributed by atoms with Crippen molar-refractivity contribution >= 4 is 29.2 Å². The van der Waals surface area contributed by atoms with Crippen molar-refractivity contribution in [3.63, 3.8) is 0 Å². The van der Waals surface area contributed by atoms with Gasteiger partial charge in [-0.15, -0.1) is 0 Å². The van der Waals surface area contributed by atoms with E-state index in [-0.39, 0.29) is 32.3 Å². The highest BCUT2D eigenvalue weighted by Crippen LogP contribution is 2.34. The molecule has 0 N–H and O–H groups in total. The summed E-state index contributed by atoms with van der Waals surface area (Å²) in [5.41, 5.74) is 2.14. The Kier molecular flexibility index (Phi) is 5.60. The third-order valence-corrected chi connectivity index (χ3v) is 5.17. The maximum absolute atomic E-state index is 12.6. The highest BCUT2D eigenvalue weighted by atomic mass is 35.5. The van der Waals surface area contributed by atoms with E-state index in [0.717, 1.165) is 5.56 Å². The Morgan fingerprint density at radius 2 is 2.14 bits per heavy atom. The number of carbonyl (C=O) groups is 2. The summed E-state index contributed by atoms with van der Waals surface area (Å²) in [5.74, 6) is 0.0895. The van der Waals surface area contributed by atoms with Gasteiger partial charge in [0.25, 0.3) is 0 Å². The molecule has 1 amide bonds. The van der Waals surface area contributed by atoms with Crippen LogP contribution >= 0.6 is 11.6 Å². The summed E-state index contributed by atoms with van der Waals surface area (Å²) in [6.07, 6.45) is 0.0921. The quantitative estimate of drug-likeness (QED) is 0.695. The van der Waals surface area contributed by atoms with Crippen molar-refractivity contribution in [1.82, 2.24) is 0 Å². The fourth-order valence-electron chi connectivity index (χ4n) is 3.58.